The number of nitrogens with one attached hydrogen (secondary N) is 2. The van der Waals surface area contributed by atoms with Crippen LogP contribution in [-0.4, -0.2) is 75.2 Å². The molecule has 0 aromatic heterocycles. The van der Waals surface area contributed by atoms with Gasteiger partial charge in [-0.25, -0.2) is 0 Å². The van der Waals surface area contributed by atoms with Crippen LogP contribution in [0.1, 0.15) is 19.4 Å². The Morgan fingerprint density at radius 2 is 1.89 bits per heavy atom. The Morgan fingerprint density at radius 1 is 1.19 bits per heavy atom. The summed E-state index contributed by atoms with van der Waals surface area (Å²) in [6, 6.07) is 8.54. The van der Waals surface area contributed by atoms with E-state index in [-0.39, 0.29) is 24.0 Å². The lowest BCUT2D eigenvalue weighted by Gasteiger charge is -2.40. The third kappa shape index (κ3) is 8.54. The van der Waals surface area contributed by atoms with E-state index in [1.807, 2.05) is 25.2 Å². The van der Waals surface area contributed by atoms with E-state index in [2.05, 4.69) is 52.4 Å². The van der Waals surface area contributed by atoms with Gasteiger partial charge in [0.1, 0.15) is 0 Å². The first-order chi connectivity index (χ1) is 12.5. The highest BCUT2D eigenvalue weighted by Gasteiger charge is 2.24. The molecule has 154 valence electrons. The van der Waals surface area contributed by atoms with Gasteiger partial charge in [-0.1, -0.05) is 37.6 Å². The Kier molecular flexibility index (Phi) is 11.6. The van der Waals surface area contributed by atoms with Crippen LogP contribution in [0.4, 0.5) is 0 Å². The zero-order valence-electron chi connectivity index (χ0n) is 17.0. The molecule has 1 aromatic rings. The summed E-state index contributed by atoms with van der Waals surface area (Å²) in [5.74, 6) is 1.47. The van der Waals surface area contributed by atoms with Crippen molar-refractivity contribution >= 4 is 41.5 Å². The highest BCUT2D eigenvalue weighted by Crippen LogP contribution is 2.13. The summed E-state index contributed by atoms with van der Waals surface area (Å²) in [4.78, 5) is 9.38. The number of piperazine rings is 1. The Bertz CT molecular complexity index is 573. The molecule has 0 radical (unpaired) electrons. The Morgan fingerprint density at radius 3 is 2.48 bits per heavy atom. The van der Waals surface area contributed by atoms with Crippen LogP contribution in [0.25, 0.3) is 0 Å². The Labute approximate surface area is 186 Å². The standard InChI is InChI=1S/C20H34ClN5.HI/c1-16(2)19(26-12-10-25(4)11-13-26)15-24-20(22-3)23-9-8-17-6-5-7-18(21)14-17;/h5-7,14,16,19H,8-13,15H2,1-4H3,(H2,22,23,24);1H. The number of likely N-dealkylation sites (N-methyl/N-ethyl adjacent to an activating group) is 1. The van der Waals surface area contributed by atoms with Gasteiger partial charge in [-0.3, -0.25) is 9.89 Å². The highest BCUT2D eigenvalue weighted by molar-refractivity contribution is 14.0. The van der Waals surface area contributed by atoms with Crippen molar-refractivity contribution in [3.63, 3.8) is 0 Å². The largest absolute Gasteiger partial charge is 0.356 e. The average Bonchev–Trinajstić information content (AvgIpc) is 2.61. The summed E-state index contributed by atoms with van der Waals surface area (Å²) in [5, 5.41) is 7.71. The maximum atomic E-state index is 6.05. The number of nitrogens with zero attached hydrogens (tertiary/aromatic N) is 3. The minimum atomic E-state index is 0. The number of aliphatic imine (C=N–C) groups is 1. The van der Waals surface area contributed by atoms with Crippen molar-refractivity contribution in [2.24, 2.45) is 10.9 Å². The molecule has 27 heavy (non-hydrogen) atoms. The van der Waals surface area contributed by atoms with Crippen LogP contribution < -0.4 is 10.6 Å². The van der Waals surface area contributed by atoms with Gasteiger partial charge in [0, 0.05) is 57.4 Å². The molecule has 1 heterocycles. The number of hydrogen-bond donors (Lipinski definition) is 2. The first-order valence-corrected chi connectivity index (χ1v) is 9.99. The van der Waals surface area contributed by atoms with Crippen molar-refractivity contribution in [3.8, 4) is 0 Å². The average molecular weight is 508 g/mol. The van der Waals surface area contributed by atoms with Crippen LogP contribution in [0.15, 0.2) is 29.3 Å². The first-order valence-electron chi connectivity index (χ1n) is 9.61. The molecule has 0 bridgehead atoms. The van der Waals surface area contributed by atoms with Crippen molar-refractivity contribution in [1.29, 1.82) is 0 Å². The van der Waals surface area contributed by atoms with Crippen LogP contribution in [0.2, 0.25) is 5.02 Å². The van der Waals surface area contributed by atoms with E-state index in [9.17, 15) is 0 Å². The quantitative estimate of drug-likeness (QED) is 0.338. The van der Waals surface area contributed by atoms with Gasteiger partial charge < -0.3 is 15.5 Å². The summed E-state index contributed by atoms with van der Waals surface area (Å²) in [6.45, 7) is 10.9. The molecular weight excluding hydrogens is 473 g/mol. The van der Waals surface area contributed by atoms with Crippen molar-refractivity contribution < 1.29 is 0 Å². The molecule has 0 spiro atoms. The molecule has 2 rings (SSSR count). The minimum Gasteiger partial charge on any atom is -0.356 e. The van der Waals surface area contributed by atoms with Crippen LogP contribution in [0.5, 0.6) is 0 Å². The van der Waals surface area contributed by atoms with Gasteiger partial charge in [0.05, 0.1) is 0 Å². The van der Waals surface area contributed by atoms with Crippen LogP contribution in [-0.2, 0) is 6.42 Å². The predicted octanol–water partition coefficient (Wildman–Crippen LogP) is 2.94. The van der Waals surface area contributed by atoms with E-state index in [1.54, 1.807) is 0 Å². The van der Waals surface area contributed by atoms with E-state index in [1.165, 1.54) is 5.56 Å². The summed E-state index contributed by atoms with van der Waals surface area (Å²) in [5.41, 5.74) is 1.23. The monoisotopic (exact) mass is 507 g/mol. The molecule has 2 N–H and O–H groups in total. The van der Waals surface area contributed by atoms with Gasteiger partial charge in [0.25, 0.3) is 0 Å². The topological polar surface area (TPSA) is 42.9 Å². The van der Waals surface area contributed by atoms with Crippen molar-refractivity contribution in [3.05, 3.63) is 34.9 Å². The van der Waals surface area contributed by atoms with Gasteiger partial charge in [-0.2, -0.15) is 0 Å². The second-order valence-corrected chi connectivity index (χ2v) is 7.85. The van der Waals surface area contributed by atoms with E-state index in [0.717, 1.165) is 56.7 Å². The van der Waals surface area contributed by atoms with Crippen molar-refractivity contribution in [2.75, 3.05) is 53.4 Å². The normalized spacial score (nSPS) is 17.5. The fourth-order valence-electron chi connectivity index (χ4n) is 3.38. The van der Waals surface area contributed by atoms with Crippen molar-refractivity contribution in [2.45, 2.75) is 26.3 Å². The molecule has 5 nitrogen and oxygen atoms in total. The number of benzene rings is 1. The number of rotatable bonds is 7. The van der Waals surface area contributed by atoms with Gasteiger partial charge in [-0.05, 0) is 37.1 Å². The molecule has 1 unspecified atom stereocenters. The van der Waals surface area contributed by atoms with Gasteiger partial charge in [0.15, 0.2) is 5.96 Å². The lowest BCUT2D eigenvalue weighted by molar-refractivity contribution is 0.0900. The zero-order chi connectivity index (χ0) is 18.9. The van der Waals surface area contributed by atoms with Crippen LogP contribution in [0, 0.1) is 5.92 Å². The molecule has 0 aliphatic carbocycles. The third-order valence-electron chi connectivity index (χ3n) is 5.07. The number of guanidine groups is 1. The fourth-order valence-corrected chi connectivity index (χ4v) is 3.59. The maximum Gasteiger partial charge on any atom is 0.191 e. The van der Waals surface area contributed by atoms with Crippen molar-refractivity contribution in [1.82, 2.24) is 20.4 Å². The Balaban J connectivity index is 0.00000364. The maximum absolute atomic E-state index is 6.05. The molecule has 1 aromatic carbocycles. The molecule has 1 aliphatic heterocycles. The van der Waals surface area contributed by atoms with Gasteiger partial charge in [-0.15, -0.1) is 24.0 Å². The fraction of sp³-hybridized carbons (Fsp3) is 0.650. The highest BCUT2D eigenvalue weighted by atomic mass is 127. The van der Waals surface area contributed by atoms with Gasteiger partial charge >= 0.3 is 0 Å². The van der Waals surface area contributed by atoms with Gasteiger partial charge in [0.2, 0.25) is 0 Å². The summed E-state index contributed by atoms with van der Waals surface area (Å²) >= 11 is 6.05. The molecule has 1 atom stereocenters. The van der Waals surface area contributed by atoms with E-state index >= 15 is 0 Å². The second kappa shape index (κ2) is 12.8. The van der Waals surface area contributed by atoms with Crippen LogP contribution >= 0.6 is 35.6 Å². The minimum absolute atomic E-state index is 0. The number of halogens is 2. The molecule has 1 fully saturated rings. The molecule has 0 saturated carbocycles. The molecule has 1 aliphatic rings. The molecule has 7 heteroatoms. The van der Waals surface area contributed by atoms with E-state index in [4.69, 9.17) is 11.6 Å². The van der Waals surface area contributed by atoms with E-state index in [0.29, 0.717) is 12.0 Å². The molecular formula is C20H35ClIN5. The summed E-state index contributed by atoms with van der Waals surface area (Å²) in [6.07, 6.45) is 0.924. The summed E-state index contributed by atoms with van der Waals surface area (Å²) < 4.78 is 0. The first kappa shape index (κ1) is 24.5. The zero-order valence-corrected chi connectivity index (χ0v) is 20.1. The second-order valence-electron chi connectivity index (χ2n) is 7.41. The Hall–Kier alpha value is -0.570. The lowest BCUT2D eigenvalue weighted by Crippen LogP contribution is -2.55. The van der Waals surface area contributed by atoms with E-state index < -0.39 is 0 Å². The third-order valence-corrected chi connectivity index (χ3v) is 5.31. The molecule has 0 amide bonds. The lowest BCUT2D eigenvalue weighted by atomic mass is 10.0. The van der Waals surface area contributed by atoms with Crippen LogP contribution in [0.3, 0.4) is 0 Å². The SMILES string of the molecule is CN=C(NCCc1cccc(Cl)c1)NCC(C(C)C)N1CCN(C)CC1.I. The summed E-state index contributed by atoms with van der Waals surface area (Å²) in [7, 11) is 4.03. The predicted molar refractivity (Wildman–Crippen MR) is 128 cm³/mol. The smallest absolute Gasteiger partial charge is 0.191 e. The molecule has 1 saturated heterocycles. The number of hydrogen-bond acceptors (Lipinski definition) is 3.